The molecule has 0 radical (unpaired) electrons. The van der Waals surface area contributed by atoms with Gasteiger partial charge in [0.25, 0.3) is 0 Å². The molecule has 0 aromatic heterocycles. The Hall–Kier alpha value is -0.260. The largest absolute Gasteiger partial charge is 0.0848 e. The van der Waals surface area contributed by atoms with Gasteiger partial charge in [0, 0.05) is 0 Å². The van der Waals surface area contributed by atoms with Crippen molar-refractivity contribution in [3.05, 3.63) is 11.6 Å². The Kier molecular flexibility index (Phi) is 2.76. The van der Waals surface area contributed by atoms with Crippen LogP contribution in [0.2, 0.25) is 0 Å². The van der Waals surface area contributed by atoms with Gasteiger partial charge in [0.2, 0.25) is 0 Å². The van der Waals surface area contributed by atoms with Gasteiger partial charge in [-0.25, -0.2) is 0 Å². The zero-order valence-electron chi connectivity index (χ0n) is 9.05. The van der Waals surface area contributed by atoms with Crippen molar-refractivity contribution in [2.45, 2.75) is 52.4 Å². The molecule has 74 valence electrons. The summed E-state index contributed by atoms with van der Waals surface area (Å²) >= 11 is 0. The van der Waals surface area contributed by atoms with Gasteiger partial charge in [0.1, 0.15) is 0 Å². The minimum atomic E-state index is 0.870. The van der Waals surface area contributed by atoms with E-state index in [0.29, 0.717) is 0 Å². The van der Waals surface area contributed by atoms with Crippen molar-refractivity contribution in [1.82, 2.24) is 0 Å². The number of fused-ring (bicyclic) bond motifs is 1. The molecule has 0 saturated heterocycles. The van der Waals surface area contributed by atoms with Gasteiger partial charge in [-0.3, -0.25) is 0 Å². The standard InChI is InChI=1S/C13H22/c1-10(2)12-9-8-11-6-4-3-5-7-13(11)12/h7,10-12H,3-6,8-9H2,1-2H3. The van der Waals surface area contributed by atoms with Gasteiger partial charge >= 0.3 is 0 Å². The summed E-state index contributed by atoms with van der Waals surface area (Å²) in [5.74, 6) is 2.78. The SMILES string of the molecule is CC(C)C1CCC2CCCCC=C21. The molecule has 2 unspecified atom stereocenters. The van der Waals surface area contributed by atoms with Gasteiger partial charge in [-0.15, -0.1) is 0 Å². The summed E-state index contributed by atoms with van der Waals surface area (Å²) in [7, 11) is 0. The predicted molar refractivity (Wildman–Crippen MR) is 57.6 cm³/mol. The summed E-state index contributed by atoms with van der Waals surface area (Å²) in [6.07, 6.45) is 11.3. The normalized spacial score (nSPS) is 34.2. The molecular formula is C13H22. The highest BCUT2D eigenvalue weighted by atomic mass is 14.4. The summed E-state index contributed by atoms with van der Waals surface area (Å²) in [6, 6.07) is 0. The van der Waals surface area contributed by atoms with Crippen molar-refractivity contribution in [2.24, 2.45) is 17.8 Å². The van der Waals surface area contributed by atoms with E-state index in [1.54, 1.807) is 0 Å². The molecule has 2 rings (SSSR count). The van der Waals surface area contributed by atoms with Crippen LogP contribution in [0.5, 0.6) is 0 Å². The highest BCUT2D eigenvalue weighted by Gasteiger charge is 2.31. The van der Waals surface area contributed by atoms with Gasteiger partial charge in [-0.05, 0) is 49.9 Å². The Balaban J connectivity index is 2.13. The average Bonchev–Trinajstić information content (AvgIpc) is 2.36. The molecule has 13 heavy (non-hydrogen) atoms. The molecule has 0 bridgehead atoms. The Bertz CT molecular complexity index is 200. The van der Waals surface area contributed by atoms with Crippen LogP contribution in [-0.4, -0.2) is 0 Å². The Labute approximate surface area is 82.4 Å². The third kappa shape index (κ3) is 1.82. The smallest absolute Gasteiger partial charge is 0.0177 e. The van der Waals surface area contributed by atoms with E-state index in [1.165, 1.54) is 38.5 Å². The topological polar surface area (TPSA) is 0 Å². The molecule has 0 spiro atoms. The van der Waals surface area contributed by atoms with Crippen molar-refractivity contribution in [2.75, 3.05) is 0 Å². The summed E-state index contributed by atoms with van der Waals surface area (Å²) in [5, 5.41) is 0. The molecule has 0 aromatic rings. The first-order chi connectivity index (χ1) is 6.29. The Morgan fingerprint density at radius 3 is 2.77 bits per heavy atom. The van der Waals surface area contributed by atoms with Crippen LogP contribution in [-0.2, 0) is 0 Å². The molecule has 1 fully saturated rings. The molecule has 0 heteroatoms. The molecule has 0 aliphatic heterocycles. The zero-order chi connectivity index (χ0) is 9.26. The van der Waals surface area contributed by atoms with E-state index in [1.807, 2.05) is 5.57 Å². The average molecular weight is 178 g/mol. The fourth-order valence-electron chi connectivity index (χ4n) is 3.17. The fraction of sp³-hybridized carbons (Fsp3) is 0.846. The van der Waals surface area contributed by atoms with Crippen molar-refractivity contribution < 1.29 is 0 Å². The van der Waals surface area contributed by atoms with Crippen molar-refractivity contribution in [3.8, 4) is 0 Å². The van der Waals surface area contributed by atoms with Crippen LogP contribution in [0.25, 0.3) is 0 Å². The van der Waals surface area contributed by atoms with E-state index in [2.05, 4.69) is 19.9 Å². The first-order valence-electron chi connectivity index (χ1n) is 5.99. The van der Waals surface area contributed by atoms with Gasteiger partial charge in [-0.2, -0.15) is 0 Å². The number of hydrogen-bond acceptors (Lipinski definition) is 0. The van der Waals surface area contributed by atoms with Crippen LogP contribution in [0, 0.1) is 17.8 Å². The number of allylic oxidation sites excluding steroid dienone is 2. The summed E-state index contributed by atoms with van der Waals surface area (Å²) in [4.78, 5) is 0. The van der Waals surface area contributed by atoms with Crippen LogP contribution in [0.3, 0.4) is 0 Å². The molecular weight excluding hydrogens is 156 g/mol. The first-order valence-corrected chi connectivity index (χ1v) is 5.99. The van der Waals surface area contributed by atoms with E-state index in [9.17, 15) is 0 Å². The second-order valence-corrected chi connectivity index (χ2v) is 5.11. The van der Waals surface area contributed by atoms with Crippen LogP contribution in [0.15, 0.2) is 11.6 Å². The van der Waals surface area contributed by atoms with Crippen LogP contribution < -0.4 is 0 Å². The summed E-state index contributed by atoms with van der Waals surface area (Å²) in [5.41, 5.74) is 1.84. The van der Waals surface area contributed by atoms with Crippen molar-refractivity contribution in [3.63, 3.8) is 0 Å². The predicted octanol–water partition coefficient (Wildman–Crippen LogP) is 4.17. The second kappa shape index (κ2) is 3.86. The van der Waals surface area contributed by atoms with Crippen molar-refractivity contribution in [1.29, 1.82) is 0 Å². The molecule has 0 heterocycles. The van der Waals surface area contributed by atoms with Crippen LogP contribution in [0.4, 0.5) is 0 Å². The quantitative estimate of drug-likeness (QED) is 0.529. The van der Waals surface area contributed by atoms with E-state index in [0.717, 1.165) is 17.8 Å². The number of rotatable bonds is 1. The maximum Gasteiger partial charge on any atom is -0.0177 e. The lowest BCUT2D eigenvalue weighted by molar-refractivity contribution is 0.451. The van der Waals surface area contributed by atoms with Gasteiger partial charge in [0.05, 0.1) is 0 Å². The first kappa shape index (κ1) is 9.30. The molecule has 0 aromatic carbocycles. The maximum absolute atomic E-state index is 2.58. The lowest BCUT2D eigenvalue weighted by atomic mass is 9.87. The summed E-state index contributed by atoms with van der Waals surface area (Å²) < 4.78 is 0. The minimum Gasteiger partial charge on any atom is -0.0848 e. The maximum atomic E-state index is 2.58. The lowest BCUT2D eigenvalue weighted by Crippen LogP contribution is -2.08. The molecule has 0 nitrogen and oxygen atoms in total. The third-order valence-electron chi connectivity index (χ3n) is 3.92. The monoisotopic (exact) mass is 178 g/mol. The van der Waals surface area contributed by atoms with E-state index >= 15 is 0 Å². The van der Waals surface area contributed by atoms with Gasteiger partial charge in [-0.1, -0.05) is 31.9 Å². The molecule has 1 saturated carbocycles. The number of hydrogen-bond donors (Lipinski definition) is 0. The Morgan fingerprint density at radius 1 is 1.15 bits per heavy atom. The van der Waals surface area contributed by atoms with E-state index in [4.69, 9.17) is 0 Å². The van der Waals surface area contributed by atoms with Gasteiger partial charge in [0.15, 0.2) is 0 Å². The molecule has 2 aliphatic carbocycles. The highest BCUT2D eigenvalue weighted by Crippen LogP contribution is 2.44. The molecule has 0 N–H and O–H groups in total. The van der Waals surface area contributed by atoms with Gasteiger partial charge < -0.3 is 0 Å². The summed E-state index contributed by atoms with van der Waals surface area (Å²) in [6.45, 7) is 4.78. The Morgan fingerprint density at radius 2 is 2.00 bits per heavy atom. The van der Waals surface area contributed by atoms with Crippen LogP contribution >= 0.6 is 0 Å². The molecule has 2 aliphatic rings. The third-order valence-corrected chi connectivity index (χ3v) is 3.92. The van der Waals surface area contributed by atoms with E-state index in [-0.39, 0.29) is 0 Å². The molecule has 2 atom stereocenters. The lowest BCUT2D eigenvalue weighted by Gasteiger charge is -2.18. The zero-order valence-corrected chi connectivity index (χ0v) is 9.05. The van der Waals surface area contributed by atoms with Crippen molar-refractivity contribution >= 4 is 0 Å². The highest BCUT2D eigenvalue weighted by molar-refractivity contribution is 5.17. The van der Waals surface area contributed by atoms with E-state index < -0.39 is 0 Å². The fourth-order valence-corrected chi connectivity index (χ4v) is 3.17. The minimum absolute atomic E-state index is 0.870. The second-order valence-electron chi connectivity index (χ2n) is 5.11. The molecule has 0 amide bonds. The van der Waals surface area contributed by atoms with Crippen LogP contribution in [0.1, 0.15) is 52.4 Å².